The van der Waals surface area contributed by atoms with Crippen LogP contribution >= 0.6 is 15.9 Å². The monoisotopic (exact) mass is 298 g/mol. The number of hydrogen-bond donors (Lipinski definition) is 0. The molecule has 1 aromatic rings. The highest BCUT2D eigenvalue weighted by molar-refractivity contribution is 9.10. The molecule has 0 bridgehead atoms. The van der Waals surface area contributed by atoms with Crippen molar-refractivity contribution in [3.05, 3.63) is 22.6 Å². The quantitative estimate of drug-likeness (QED) is 0.784. The van der Waals surface area contributed by atoms with Gasteiger partial charge in [0.2, 0.25) is 0 Å². The summed E-state index contributed by atoms with van der Waals surface area (Å²) in [5, 5.41) is 0. The van der Waals surface area contributed by atoms with Gasteiger partial charge in [-0.05, 0) is 54.1 Å². The highest BCUT2D eigenvalue weighted by atomic mass is 79.9. The predicted molar refractivity (Wildman–Crippen MR) is 66.0 cm³/mol. The van der Waals surface area contributed by atoms with Gasteiger partial charge in [-0.2, -0.15) is 0 Å². The van der Waals surface area contributed by atoms with Gasteiger partial charge in [0, 0.05) is 12.5 Å². The Balaban J connectivity index is 1.76. The minimum Gasteiger partial charge on any atom is -0.457 e. The van der Waals surface area contributed by atoms with E-state index in [9.17, 15) is 4.79 Å². The summed E-state index contributed by atoms with van der Waals surface area (Å²) in [6.07, 6.45) is 6.72. The summed E-state index contributed by atoms with van der Waals surface area (Å²) in [4.78, 5) is 12.4. The third-order valence-electron chi connectivity index (χ3n) is 4.01. The van der Waals surface area contributed by atoms with Crippen molar-refractivity contribution in [2.75, 3.05) is 6.61 Å². The first-order valence-electron chi connectivity index (χ1n) is 6.11. The molecule has 1 aliphatic heterocycles. The Morgan fingerprint density at radius 2 is 2.29 bits per heavy atom. The lowest BCUT2D eigenvalue weighted by atomic mass is 9.71. The van der Waals surface area contributed by atoms with Gasteiger partial charge >= 0.3 is 0 Å². The number of Topliss-reactive ketones (excluding diaryl/α,β-unsaturated/α-hetero) is 1. The number of carbonyl (C=O) groups excluding carboxylic acids is 1. The Morgan fingerprint density at radius 3 is 2.88 bits per heavy atom. The average molecular weight is 299 g/mol. The smallest absolute Gasteiger partial charge is 0.179 e. The largest absolute Gasteiger partial charge is 0.457 e. The summed E-state index contributed by atoms with van der Waals surface area (Å²) in [7, 11) is 0. The van der Waals surface area contributed by atoms with Crippen molar-refractivity contribution in [1.82, 2.24) is 0 Å². The van der Waals surface area contributed by atoms with Gasteiger partial charge in [-0.1, -0.05) is 0 Å². The van der Waals surface area contributed by atoms with Crippen LogP contribution in [0.4, 0.5) is 0 Å². The van der Waals surface area contributed by atoms with Crippen LogP contribution in [0.25, 0.3) is 0 Å². The van der Waals surface area contributed by atoms with Crippen LogP contribution in [0.2, 0.25) is 0 Å². The van der Waals surface area contributed by atoms with Crippen LogP contribution < -0.4 is 0 Å². The molecular weight excluding hydrogens is 284 g/mol. The maximum atomic E-state index is 12.4. The predicted octanol–water partition coefficient (Wildman–Crippen LogP) is 3.57. The Kier molecular flexibility index (Phi) is 2.87. The summed E-state index contributed by atoms with van der Waals surface area (Å²) >= 11 is 3.27. The Morgan fingerprint density at radius 1 is 1.47 bits per heavy atom. The maximum Gasteiger partial charge on any atom is 0.179 e. The van der Waals surface area contributed by atoms with E-state index >= 15 is 0 Å². The van der Waals surface area contributed by atoms with Crippen molar-refractivity contribution in [3.63, 3.8) is 0 Å². The van der Waals surface area contributed by atoms with Gasteiger partial charge in [0.15, 0.2) is 10.5 Å². The van der Waals surface area contributed by atoms with Gasteiger partial charge in [0.05, 0.1) is 17.4 Å². The number of carbonyl (C=O) groups is 1. The summed E-state index contributed by atoms with van der Waals surface area (Å²) in [6, 6.07) is 1.75. The first kappa shape index (κ1) is 11.5. The molecule has 2 heterocycles. The minimum atomic E-state index is 0.0226. The van der Waals surface area contributed by atoms with Crippen LogP contribution in [0.1, 0.15) is 42.5 Å². The van der Waals surface area contributed by atoms with Crippen molar-refractivity contribution in [1.29, 1.82) is 0 Å². The first-order valence-corrected chi connectivity index (χ1v) is 6.91. The number of hydrogen-bond acceptors (Lipinski definition) is 3. The molecule has 1 atom stereocenters. The molecular formula is C13H15BrO3. The molecule has 3 rings (SSSR count). The number of halogens is 1. The van der Waals surface area contributed by atoms with Crippen LogP contribution in [0.5, 0.6) is 0 Å². The summed E-state index contributed by atoms with van der Waals surface area (Å²) in [6.45, 7) is 0.714. The first-order chi connectivity index (χ1) is 8.20. The fraction of sp³-hybridized carbons (Fsp3) is 0.615. The van der Waals surface area contributed by atoms with Crippen LogP contribution in [0, 0.1) is 5.92 Å². The molecule has 1 saturated heterocycles. The zero-order valence-corrected chi connectivity index (χ0v) is 11.2. The molecule has 1 aromatic heterocycles. The second kappa shape index (κ2) is 4.25. The van der Waals surface area contributed by atoms with Gasteiger partial charge in [-0.25, -0.2) is 0 Å². The standard InChI is InChI=1S/C13H15BrO3/c14-12-10(3-6-16-12)11(15)9-2-7-17-13(8-9)4-1-5-13/h3,6,9H,1-2,4-5,7-8H2. The molecule has 4 heteroatoms. The minimum absolute atomic E-state index is 0.0226. The molecule has 2 aliphatic rings. The van der Waals surface area contributed by atoms with E-state index < -0.39 is 0 Å². The molecule has 1 unspecified atom stereocenters. The van der Waals surface area contributed by atoms with Crippen molar-refractivity contribution < 1.29 is 13.9 Å². The van der Waals surface area contributed by atoms with Crippen molar-refractivity contribution in [3.8, 4) is 0 Å². The van der Waals surface area contributed by atoms with Crippen LogP contribution in [-0.2, 0) is 4.74 Å². The molecule has 17 heavy (non-hydrogen) atoms. The van der Waals surface area contributed by atoms with E-state index in [4.69, 9.17) is 9.15 Å². The number of ether oxygens (including phenoxy) is 1. The lowest BCUT2D eigenvalue weighted by Gasteiger charge is -2.46. The fourth-order valence-electron chi connectivity index (χ4n) is 2.86. The molecule has 0 amide bonds. The van der Waals surface area contributed by atoms with E-state index in [0.29, 0.717) is 16.8 Å². The summed E-state index contributed by atoms with van der Waals surface area (Å²) < 4.78 is 11.5. The van der Waals surface area contributed by atoms with E-state index in [-0.39, 0.29) is 17.3 Å². The number of furan rings is 1. The summed E-state index contributed by atoms with van der Waals surface area (Å²) in [5.41, 5.74) is 0.695. The van der Waals surface area contributed by atoms with Gasteiger partial charge in [-0.3, -0.25) is 4.79 Å². The van der Waals surface area contributed by atoms with Gasteiger partial charge in [0.25, 0.3) is 0 Å². The lowest BCUT2D eigenvalue weighted by molar-refractivity contribution is -0.137. The fourth-order valence-corrected chi connectivity index (χ4v) is 3.30. The highest BCUT2D eigenvalue weighted by Gasteiger charge is 2.44. The zero-order chi connectivity index (χ0) is 11.9. The van der Waals surface area contributed by atoms with Gasteiger partial charge in [-0.15, -0.1) is 0 Å². The maximum absolute atomic E-state index is 12.4. The number of rotatable bonds is 2. The second-order valence-corrected chi connectivity index (χ2v) is 5.77. The molecule has 3 nitrogen and oxygen atoms in total. The normalized spacial score (nSPS) is 26.8. The molecule has 0 aromatic carbocycles. The number of ketones is 1. The van der Waals surface area contributed by atoms with Crippen molar-refractivity contribution in [2.24, 2.45) is 5.92 Å². The Hall–Kier alpha value is -0.610. The van der Waals surface area contributed by atoms with E-state index in [0.717, 1.165) is 25.7 Å². The molecule has 1 aliphatic carbocycles. The van der Waals surface area contributed by atoms with E-state index in [2.05, 4.69) is 15.9 Å². The third-order valence-corrected chi connectivity index (χ3v) is 4.63. The summed E-state index contributed by atoms with van der Waals surface area (Å²) in [5.74, 6) is 0.290. The van der Waals surface area contributed by atoms with Crippen LogP contribution in [0.3, 0.4) is 0 Å². The van der Waals surface area contributed by atoms with Gasteiger partial charge < -0.3 is 9.15 Å². The van der Waals surface area contributed by atoms with Crippen LogP contribution in [0.15, 0.2) is 21.4 Å². The molecule has 1 spiro atoms. The lowest BCUT2D eigenvalue weighted by Crippen LogP contribution is -2.47. The van der Waals surface area contributed by atoms with E-state index in [1.807, 2.05) is 0 Å². The third kappa shape index (κ3) is 1.97. The average Bonchev–Trinajstić information content (AvgIpc) is 2.73. The van der Waals surface area contributed by atoms with Crippen molar-refractivity contribution in [2.45, 2.75) is 37.7 Å². The molecule has 0 N–H and O–H groups in total. The van der Waals surface area contributed by atoms with Crippen LogP contribution in [-0.4, -0.2) is 18.0 Å². The Bertz CT molecular complexity index is 434. The highest BCUT2D eigenvalue weighted by Crippen LogP contribution is 2.45. The SMILES string of the molecule is O=C(c1ccoc1Br)C1CCOC2(CCC2)C1. The van der Waals surface area contributed by atoms with Crippen molar-refractivity contribution >= 4 is 21.7 Å². The molecule has 0 radical (unpaired) electrons. The van der Waals surface area contributed by atoms with E-state index in [1.54, 1.807) is 12.3 Å². The molecule has 1 saturated carbocycles. The molecule has 2 fully saturated rings. The second-order valence-electron chi connectivity index (χ2n) is 5.05. The van der Waals surface area contributed by atoms with E-state index in [1.165, 1.54) is 6.42 Å². The van der Waals surface area contributed by atoms with Gasteiger partial charge in [0.1, 0.15) is 0 Å². The Labute approximate surface area is 109 Å². The topological polar surface area (TPSA) is 39.4 Å². The zero-order valence-electron chi connectivity index (χ0n) is 9.58. The molecule has 92 valence electrons.